The van der Waals surface area contributed by atoms with Crippen LogP contribution in [0.2, 0.25) is 0 Å². The van der Waals surface area contributed by atoms with Crippen LogP contribution in [-0.2, 0) is 4.74 Å². The zero-order valence-corrected chi connectivity index (χ0v) is 13.4. The zero-order valence-electron chi connectivity index (χ0n) is 13.4. The summed E-state index contributed by atoms with van der Waals surface area (Å²) in [6, 6.07) is 6.47. The Labute approximate surface area is 127 Å². The van der Waals surface area contributed by atoms with Gasteiger partial charge in [0.05, 0.1) is 6.61 Å². The highest BCUT2D eigenvalue weighted by Crippen LogP contribution is 2.28. The molecule has 3 nitrogen and oxygen atoms in total. The minimum Gasteiger partial charge on any atom is -0.383 e. The lowest BCUT2D eigenvalue weighted by Gasteiger charge is -2.25. The summed E-state index contributed by atoms with van der Waals surface area (Å²) in [4.78, 5) is 2.50. The van der Waals surface area contributed by atoms with E-state index in [0.717, 1.165) is 37.7 Å². The second kappa shape index (κ2) is 7.87. The Morgan fingerprint density at radius 2 is 2.14 bits per heavy atom. The molecule has 0 radical (unpaired) electrons. The van der Waals surface area contributed by atoms with Gasteiger partial charge < -0.3 is 10.1 Å². The van der Waals surface area contributed by atoms with Crippen molar-refractivity contribution in [2.75, 3.05) is 33.9 Å². The van der Waals surface area contributed by atoms with Crippen molar-refractivity contribution in [1.29, 1.82) is 0 Å². The molecule has 0 saturated heterocycles. The molecule has 118 valence electrons. The predicted molar refractivity (Wildman–Crippen MR) is 84.0 cm³/mol. The molecule has 0 bridgehead atoms. The van der Waals surface area contributed by atoms with Gasteiger partial charge in [-0.3, -0.25) is 4.90 Å². The molecule has 1 N–H and O–H groups in total. The molecule has 1 aliphatic rings. The first-order valence-electron chi connectivity index (χ1n) is 7.82. The SMILES string of the molecule is CNC(CCN(CCOC)C1CC1)c1ccc(C)c(F)c1. The second-order valence-corrected chi connectivity index (χ2v) is 5.90. The maximum absolute atomic E-state index is 13.7. The Kier molecular flexibility index (Phi) is 6.15. The Bertz CT molecular complexity index is 448. The Balaban J connectivity index is 1.92. The topological polar surface area (TPSA) is 24.5 Å². The maximum atomic E-state index is 13.7. The van der Waals surface area contributed by atoms with E-state index in [2.05, 4.69) is 10.2 Å². The summed E-state index contributed by atoms with van der Waals surface area (Å²) in [6.07, 6.45) is 3.58. The van der Waals surface area contributed by atoms with E-state index >= 15 is 0 Å². The number of methoxy groups -OCH3 is 1. The summed E-state index contributed by atoms with van der Waals surface area (Å²) in [6.45, 7) is 4.59. The third-order valence-corrected chi connectivity index (χ3v) is 4.30. The standard InChI is InChI=1S/C17H27FN2O/c1-13-4-5-14(12-16(13)18)17(19-2)8-9-20(10-11-21-3)15-6-7-15/h4-5,12,15,17,19H,6-11H2,1-3H3. The molecule has 1 aromatic carbocycles. The van der Waals surface area contributed by atoms with Crippen LogP contribution in [-0.4, -0.2) is 44.8 Å². The smallest absolute Gasteiger partial charge is 0.126 e. The van der Waals surface area contributed by atoms with Crippen molar-refractivity contribution >= 4 is 0 Å². The largest absolute Gasteiger partial charge is 0.383 e. The number of aryl methyl sites for hydroxylation is 1. The van der Waals surface area contributed by atoms with Crippen molar-refractivity contribution in [2.45, 2.75) is 38.3 Å². The highest BCUT2D eigenvalue weighted by Gasteiger charge is 2.28. The van der Waals surface area contributed by atoms with Crippen molar-refractivity contribution in [2.24, 2.45) is 0 Å². The van der Waals surface area contributed by atoms with Crippen molar-refractivity contribution in [3.05, 3.63) is 35.1 Å². The zero-order chi connectivity index (χ0) is 15.2. The van der Waals surface area contributed by atoms with Gasteiger partial charge in [-0.1, -0.05) is 12.1 Å². The molecule has 21 heavy (non-hydrogen) atoms. The van der Waals surface area contributed by atoms with Crippen LogP contribution in [0.4, 0.5) is 4.39 Å². The predicted octanol–water partition coefficient (Wildman–Crippen LogP) is 2.90. The Morgan fingerprint density at radius 3 is 2.71 bits per heavy atom. The Morgan fingerprint density at radius 1 is 1.38 bits per heavy atom. The molecule has 0 aliphatic heterocycles. The van der Waals surface area contributed by atoms with E-state index in [-0.39, 0.29) is 11.9 Å². The number of nitrogens with one attached hydrogen (secondary N) is 1. The van der Waals surface area contributed by atoms with Crippen molar-refractivity contribution in [3.8, 4) is 0 Å². The lowest BCUT2D eigenvalue weighted by atomic mass is 10.0. The van der Waals surface area contributed by atoms with Crippen LogP contribution in [0.15, 0.2) is 18.2 Å². The summed E-state index contributed by atoms with van der Waals surface area (Å²) >= 11 is 0. The number of benzene rings is 1. The highest BCUT2D eigenvalue weighted by atomic mass is 19.1. The van der Waals surface area contributed by atoms with E-state index in [1.54, 1.807) is 20.1 Å². The summed E-state index contributed by atoms with van der Waals surface area (Å²) in [7, 11) is 3.69. The lowest BCUT2D eigenvalue weighted by Crippen LogP contribution is -2.33. The third-order valence-electron chi connectivity index (χ3n) is 4.30. The molecule has 0 spiro atoms. The summed E-state index contributed by atoms with van der Waals surface area (Å²) < 4.78 is 18.9. The van der Waals surface area contributed by atoms with Gasteiger partial charge in [-0.05, 0) is 50.4 Å². The van der Waals surface area contributed by atoms with Gasteiger partial charge in [0, 0.05) is 32.3 Å². The van der Waals surface area contributed by atoms with E-state index in [1.165, 1.54) is 12.8 Å². The second-order valence-electron chi connectivity index (χ2n) is 5.90. The van der Waals surface area contributed by atoms with Gasteiger partial charge in [0.25, 0.3) is 0 Å². The maximum Gasteiger partial charge on any atom is 0.126 e. The van der Waals surface area contributed by atoms with Crippen LogP contribution in [0, 0.1) is 12.7 Å². The van der Waals surface area contributed by atoms with Crippen LogP contribution in [0.1, 0.15) is 36.4 Å². The van der Waals surface area contributed by atoms with Gasteiger partial charge in [-0.15, -0.1) is 0 Å². The van der Waals surface area contributed by atoms with Crippen LogP contribution in [0.3, 0.4) is 0 Å². The van der Waals surface area contributed by atoms with Crippen molar-refractivity contribution in [1.82, 2.24) is 10.2 Å². The minimum atomic E-state index is -0.119. The van der Waals surface area contributed by atoms with E-state index in [1.807, 2.05) is 19.2 Å². The van der Waals surface area contributed by atoms with Gasteiger partial charge in [0.15, 0.2) is 0 Å². The molecule has 1 unspecified atom stereocenters. The average molecular weight is 294 g/mol. The van der Waals surface area contributed by atoms with Crippen LogP contribution < -0.4 is 5.32 Å². The van der Waals surface area contributed by atoms with Gasteiger partial charge >= 0.3 is 0 Å². The fraction of sp³-hybridized carbons (Fsp3) is 0.647. The van der Waals surface area contributed by atoms with E-state index in [9.17, 15) is 4.39 Å². The molecule has 1 atom stereocenters. The molecule has 1 fully saturated rings. The van der Waals surface area contributed by atoms with Gasteiger partial charge in [0.1, 0.15) is 5.82 Å². The number of rotatable bonds is 9. The van der Waals surface area contributed by atoms with Crippen LogP contribution in [0.25, 0.3) is 0 Å². The fourth-order valence-electron chi connectivity index (χ4n) is 2.72. The van der Waals surface area contributed by atoms with E-state index in [0.29, 0.717) is 5.56 Å². The molecule has 0 amide bonds. The van der Waals surface area contributed by atoms with E-state index < -0.39 is 0 Å². The average Bonchev–Trinajstić information content (AvgIpc) is 3.31. The molecular weight excluding hydrogens is 267 g/mol. The van der Waals surface area contributed by atoms with Crippen molar-refractivity contribution < 1.29 is 9.13 Å². The summed E-state index contributed by atoms with van der Waals surface area (Å²) in [5.41, 5.74) is 1.73. The normalized spacial score (nSPS) is 16.4. The highest BCUT2D eigenvalue weighted by molar-refractivity contribution is 5.25. The molecule has 4 heteroatoms. The third kappa shape index (κ3) is 4.77. The molecule has 0 aromatic heterocycles. The molecule has 0 heterocycles. The summed E-state index contributed by atoms with van der Waals surface area (Å²) in [5, 5.41) is 3.31. The van der Waals surface area contributed by atoms with Crippen molar-refractivity contribution in [3.63, 3.8) is 0 Å². The van der Waals surface area contributed by atoms with Crippen LogP contribution in [0.5, 0.6) is 0 Å². The first-order valence-corrected chi connectivity index (χ1v) is 7.82. The lowest BCUT2D eigenvalue weighted by molar-refractivity contribution is 0.140. The van der Waals surface area contributed by atoms with Gasteiger partial charge in [-0.2, -0.15) is 0 Å². The number of halogens is 1. The fourth-order valence-corrected chi connectivity index (χ4v) is 2.72. The monoisotopic (exact) mass is 294 g/mol. The number of nitrogens with zero attached hydrogens (tertiary/aromatic N) is 1. The summed E-state index contributed by atoms with van der Waals surface area (Å²) in [5.74, 6) is -0.119. The molecule has 1 saturated carbocycles. The number of ether oxygens (including phenoxy) is 1. The molecule has 2 rings (SSSR count). The first kappa shape index (κ1) is 16.4. The number of hydrogen-bond acceptors (Lipinski definition) is 3. The minimum absolute atomic E-state index is 0.119. The first-order chi connectivity index (χ1) is 10.2. The van der Waals surface area contributed by atoms with Gasteiger partial charge in [0.2, 0.25) is 0 Å². The quantitative estimate of drug-likeness (QED) is 0.758. The molecule has 1 aliphatic carbocycles. The Hall–Kier alpha value is -0.970. The molecule has 1 aromatic rings. The molecular formula is C17H27FN2O. The van der Waals surface area contributed by atoms with Crippen LogP contribution >= 0.6 is 0 Å². The number of hydrogen-bond donors (Lipinski definition) is 1. The van der Waals surface area contributed by atoms with Gasteiger partial charge in [-0.25, -0.2) is 4.39 Å². The van der Waals surface area contributed by atoms with E-state index in [4.69, 9.17) is 4.74 Å².